The molecule has 0 saturated carbocycles. The van der Waals surface area contributed by atoms with Crippen LogP contribution in [-0.4, -0.2) is 72.5 Å². The number of carboxylic acid groups (broad SMARTS) is 1. The first-order valence-electron chi connectivity index (χ1n) is 24.4. The molecule has 2 heterocycles. The number of rotatable bonds is 20. The van der Waals surface area contributed by atoms with Crippen molar-refractivity contribution in [3.63, 3.8) is 0 Å². The number of ether oxygens (including phenoxy) is 1. The minimum atomic E-state index is -0.977. The third-order valence-electron chi connectivity index (χ3n) is 11.4. The summed E-state index contributed by atoms with van der Waals surface area (Å²) >= 11 is 0. The molecule has 3 N–H and O–H groups in total. The van der Waals surface area contributed by atoms with Crippen LogP contribution in [-0.2, 0) is 27.2 Å². The van der Waals surface area contributed by atoms with Crippen molar-refractivity contribution < 1.29 is 38.1 Å². The van der Waals surface area contributed by atoms with E-state index < -0.39 is 5.97 Å². The zero-order valence-corrected chi connectivity index (χ0v) is 43.7. The number of aryl methyl sites for hydroxylation is 4. The number of benzene rings is 4. The van der Waals surface area contributed by atoms with E-state index in [-0.39, 0.29) is 36.2 Å². The molecular formula is C57H72N6O8. The summed E-state index contributed by atoms with van der Waals surface area (Å²) in [5, 5.41) is 23.7. The molecule has 0 aliphatic rings. The number of nitrogens with one attached hydrogen (secondary N) is 2. The smallest absolute Gasteiger partial charge is 0.338 e. The number of carbonyl (C=O) groups excluding carboxylic acids is 3. The lowest BCUT2D eigenvalue weighted by Crippen LogP contribution is -2.32. The molecule has 0 aliphatic heterocycles. The fraction of sp³-hybridized carbons (Fsp3) is 0.404. The predicted molar refractivity (Wildman–Crippen MR) is 282 cm³/mol. The number of methoxy groups -OCH3 is 1. The van der Waals surface area contributed by atoms with Gasteiger partial charge >= 0.3 is 11.9 Å². The molecule has 0 aliphatic carbocycles. The first-order chi connectivity index (χ1) is 33.6. The number of aromatic carboxylic acids is 1. The van der Waals surface area contributed by atoms with E-state index in [0.29, 0.717) is 63.3 Å². The van der Waals surface area contributed by atoms with Gasteiger partial charge in [0, 0.05) is 38.3 Å². The lowest BCUT2D eigenvalue weighted by atomic mass is 9.95. The van der Waals surface area contributed by atoms with Gasteiger partial charge in [0.1, 0.15) is 11.5 Å². The molecule has 14 nitrogen and oxygen atoms in total. The largest absolute Gasteiger partial charge is 0.478 e. The van der Waals surface area contributed by atoms with Crippen LogP contribution >= 0.6 is 0 Å². The summed E-state index contributed by atoms with van der Waals surface area (Å²) in [5.74, 6) is 0.927. The van der Waals surface area contributed by atoms with E-state index in [1.165, 1.54) is 7.11 Å². The molecule has 4 aromatic carbocycles. The van der Waals surface area contributed by atoms with E-state index in [2.05, 4.69) is 86.1 Å². The molecule has 0 radical (unpaired) electrons. The zero-order chi connectivity index (χ0) is 52.1. The second kappa shape index (κ2) is 25.1. The number of hydrogen-bond donors (Lipinski definition) is 3. The van der Waals surface area contributed by atoms with Gasteiger partial charge in [0.2, 0.25) is 11.8 Å². The molecule has 378 valence electrons. The first kappa shape index (κ1) is 54.7. The number of aromatic nitrogens is 2. The van der Waals surface area contributed by atoms with Crippen LogP contribution in [0.25, 0.3) is 22.3 Å². The third-order valence-corrected chi connectivity index (χ3v) is 11.4. The van der Waals surface area contributed by atoms with Crippen LogP contribution in [0.1, 0.15) is 110 Å². The maximum atomic E-state index is 13.0. The van der Waals surface area contributed by atoms with Crippen molar-refractivity contribution in [3.05, 3.63) is 130 Å². The van der Waals surface area contributed by atoms with Gasteiger partial charge in [-0.05, 0) is 109 Å². The highest BCUT2D eigenvalue weighted by atomic mass is 16.5. The quantitative estimate of drug-likeness (QED) is 0.0617. The summed E-state index contributed by atoms with van der Waals surface area (Å²) in [7, 11) is 1.38. The van der Waals surface area contributed by atoms with Crippen LogP contribution in [0.2, 0.25) is 0 Å². The minimum absolute atomic E-state index is 0.0592. The Morgan fingerprint density at radius 3 is 1.28 bits per heavy atom. The standard InChI is InChI=1S/C29H37N3O4.C28H35N3O4/c1-18(2)16-32(17-19(3)4)26-12-11-22(24-10-8-9-20(5)28(24)29(34)35-7)14-25(26)30-27(33)15-23-13-21(6)31-36-23;1-17(2)15-31(16-18(3)4)25-11-10-21(23-9-7-8-19(5)27(23)28(33)34)13-24(25)29-26(32)14-22-12-20(6)30-35-22/h8-14,18-19H,15-17H2,1-7H3,(H,30,33);7-13,17-18H,14-16H2,1-6H3,(H,29,32)(H,33,34). The molecule has 0 fully saturated rings. The van der Waals surface area contributed by atoms with Crippen molar-refractivity contribution in [1.29, 1.82) is 0 Å². The number of esters is 1. The Kier molecular flexibility index (Phi) is 19.3. The first-order valence-corrected chi connectivity index (χ1v) is 24.4. The number of anilines is 4. The second-order valence-electron chi connectivity index (χ2n) is 20.0. The molecule has 0 spiro atoms. The van der Waals surface area contributed by atoms with Crippen molar-refractivity contribution in [2.45, 2.75) is 95.9 Å². The van der Waals surface area contributed by atoms with Gasteiger partial charge in [0.05, 0.1) is 65.2 Å². The van der Waals surface area contributed by atoms with E-state index in [0.717, 1.165) is 71.2 Å². The number of carbonyl (C=O) groups is 4. The number of amides is 2. The second-order valence-corrected chi connectivity index (χ2v) is 20.0. The molecule has 6 rings (SSSR count). The molecule has 0 saturated heterocycles. The molecule has 6 aromatic rings. The maximum Gasteiger partial charge on any atom is 0.338 e. The van der Waals surface area contributed by atoms with Gasteiger partial charge in [-0.15, -0.1) is 0 Å². The fourth-order valence-electron chi connectivity index (χ4n) is 8.64. The molecule has 0 bridgehead atoms. The van der Waals surface area contributed by atoms with Gasteiger partial charge in [-0.1, -0.05) is 114 Å². The summed E-state index contributed by atoms with van der Waals surface area (Å²) in [6.45, 7) is 28.0. The predicted octanol–water partition coefficient (Wildman–Crippen LogP) is 12.0. The minimum Gasteiger partial charge on any atom is -0.478 e. The lowest BCUT2D eigenvalue weighted by Gasteiger charge is -2.31. The molecular weight excluding hydrogens is 897 g/mol. The SMILES string of the molecule is COC(=O)c1c(C)cccc1-c1ccc(N(CC(C)C)CC(C)C)c(NC(=O)Cc2cc(C)no2)c1.Cc1cc(CC(=O)Nc2cc(-c3cccc(C)c3C(=O)O)ccc2N(CC(C)C)CC(C)C)on1. The van der Waals surface area contributed by atoms with Crippen LogP contribution in [0.5, 0.6) is 0 Å². The lowest BCUT2D eigenvalue weighted by molar-refractivity contribution is -0.116. The fourth-order valence-corrected chi connectivity index (χ4v) is 8.64. The Bertz CT molecular complexity index is 2770. The normalized spacial score (nSPS) is 11.2. The molecule has 2 amide bonds. The monoisotopic (exact) mass is 969 g/mol. The Morgan fingerprint density at radius 2 is 0.944 bits per heavy atom. The van der Waals surface area contributed by atoms with Crippen molar-refractivity contribution in [2.75, 3.05) is 53.7 Å². The van der Waals surface area contributed by atoms with Crippen molar-refractivity contribution in [3.8, 4) is 22.3 Å². The van der Waals surface area contributed by atoms with Crippen LogP contribution in [0, 0.1) is 51.4 Å². The van der Waals surface area contributed by atoms with Crippen molar-refractivity contribution in [1.82, 2.24) is 10.3 Å². The molecule has 0 unspecified atom stereocenters. The summed E-state index contributed by atoms with van der Waals surface area (Å²) in [6, 6.07) is 26.4. The topological polar surface area (TPSA) is 180 Å². The number of hydrogen-bond acceptors (Lipinski definition) is 11. The molecule has 2 aromatic heterocycles. The van der Waals surface area contributed by atoms with Crippen LogP contribution in [0.15, 0.2) is 94.0 Å². The Hall–Kier alpha value is -7.22. The van der Waals surface area contributed by atoms with Gasteiger partial charge in [-0.2, -0.15) is 0 Å². The van der Waals surface area contributed by atoms with Crippen molar-refractivity contribution in [2.24, 2.45) is 23.7 Å². The Balaban J connectivity index is 0.000000264. The molecule has 71 heavy (non-hydrogen) atoms. The summed E-state index contributed by atoms with van der Waals surface area (Å²) in [4.78, 5) is 55.2. The van der Waals surface area contributed by atoms with Crippen molar-refractivity contribution >= 4 is 46.5 Å². The van der Waals surface area contributed by atoms with E-state index in [9.17, 15) is 24.3 Å². The van der Waals surface area contributed by atoms with E-state index in [1.807, 2.05) is 81.4 Å². The maximum absolute atomic E-state index is 13.0. The van der Waals surface area contributed by atoms with E-state index in [4.69, 9.17) is 13.8 Å². The van der Waals surface area contributed by atoms with Gasteiger partial charge < -0.3 is 39.3 Å². The third kappa shape index (κ3) is 15.4. The molecule has 14 heteroatoms. The zero-order valence-electron chi connectivity index (χ0n) is 43.7. The summed E-state index contributed by atoms with van der Waals surface area (Å²) < 4.78 is 15.5. The Labute approximate surface area is 419 Å². The average molecular weight is 969 g/mol. The Morgan fingerprint density at radius 1 is 0.563 bits per heavy atom. The highest BCUT2D eigenvalue weighted by Crippen LogP contribution is 2.37. The van der Waals surface area contributed by atoms with Crippen LogP contribution in [0.3, 0.4) is 0 Å². The molecule has 0 atom stereocenters. The van der Waals surface area contributed by atoms with Gasteiger partial charge in [-0.25, -0.2) is 9.59 Å². The van der Waals surface area contributed by atoms with Crippen LogP contribution < -0.4 is 20.4 Å². The summed E-state index contributed by atoms with van der Waals surface area (Å²) in [6.07, 6.45) is 0.139. The van der Waals surface area contributed by atoms with Gasteiger partial charge in [0.15, 0.2) is 0 Å². The summed E-state index contributed by atoms with van der Waals surface area (Å²) in [5.41, 5.74) is 9.85. The number of nitrogens with zero attached hydrogens (tertiary/aromatic N) is 4. The van der Waals surface area contributed by atoms with Gasteiger partial charge in [0.25, 0.3) is 0 Å². The average Bonchev–Trinajstić information content (AvgIpc) is 3.90. The highest BCUT2D eigenvalue weighted by Gasteiger charge is 2.23. The van der Waals surface area contributed by atoms with Crippen LogP contribution in [0.4, 0.5) is 22.7 Å². The highest BCUT2D eigenvalue weighted by molar-refractivity contribution is 6.02. The van der Waals surface area contributed by atoms with E-state index in [1.54, 1.807) is 31.2 Å². The van der Waals surface area contributed by atoms with Gasteiger partial charge in [-0.3, -0.25) is 9.59 Å². The van der Waals surface area contributed by atoms with E-state index >= 15 is 0 Å². The number of carboxylic acids is 1.